The fourth-order valence-electron chi connectivity index (χ4n) is 5.21. The number of piperidine rings is 3. The van der Waals surface area contributed by atoms with Crippen LogP contribution in [0.5, 0.6) is 0 Å². The summed E-state index contributed by atoms with van der Waals surface area (Å²) < 4.78 is 6.08. The molecule has 0 radical (unpaired) electrons. The molecule has 0 aromatic heterocycles. The molecule has 35 heavy (non-hydrogen) atoms. The summed E-state index contributed by atoms with van der Waals surface area (Å²) in [7, 11) is 0. The maximum Gasteiger partial charge on any atom is 0.410 e. The van der Waals surface area contributed by atoms with E-state index < -0.39 is 11.9 Å². The van der Waals surface area contributed by atoms with Crippen LogP contribution in [0.25, 0.3) is 0 Å². The molecule has 2 aromatic carbocycles. The van der Waals surface area contributed by atoms with Gasteiger partial charge >= 0.3 is 18.0 Å². The summed E-state index contributed by atoms with van der Waals surface area (Å²) in [4.78, 5) is 36.9. The van der Waals surface area contributed by atoms with Crippen molar-refractivity contribution in [2.75, 3.05) is 26.2 Å². The van der Waals surface area contributed by atoms with E-state index in [0.717, 1.165) is 44.5 Å². The number of hydrogen-bond donors (Lipinski definition) is 2. The predicted molar refractivity (Wildman–Crippen MR) is 129 cm³/mol. The van der Waals surface area contributed by atoms with Crippen molar-refractivity contribution in [3.05, 3.63) is 71.3 Å². The third-order valence-corrected chi connectivity index (χ3v) is 7.03. The lowest BCUT2D eigenvalue weighted by atomic mass is 9.86. The molecule has 1 unspecified atom stereocenters. The van der Waals surface area contributed by atoms with Gasteiger partial charge < -0.3 is 14.9 Å². The minimum absolute atomic E-state index is 0.0496. The Kier molecular flexibility index (Phi) is 8.02. The Balaban J connectivity index is 0.000000314. The van der Waals surface area contributed by atoms with Gasteiger partial charge in [-0.2, -0.15) is 0 Å². The van der Waals surface area contributed by atoms with Crippen LogP contribution in [0, 0.1) is 5.92 Å². The maximum absolute atomic E-state index is 13.2. The van der Waals surface area contributed by atoms with Gasteiger partial charge in [-0.3, -0.25) is 19.4 Å². The number of benzene rings is 2. The lowest BCUT2D eigenvalue weighted by Crippen LogP contribution is -2.53. The van der Waals surface area contributed by atoms with Crippen molar-refractivity contribution in [3.8, 4) is 0 Å². The first-order valence-corrected chi connectivity index (χ1v) is 12.2. The number of carbonyl (C=O) groups is 3. The van der Waals surface area contributed by atoms with Crippen LogP contribution in [0.1, 0.15) is 48.4 Å². The number of ether oxygens (including phenoxy) is 1. The van der Waals surface area contributed by atoms with Crippen molar-refractivity contribution in [2.24, 2.45) is 5.92 Å². The van der Waals surface area contributed by atoms with Gasteiger partial charge in [-0.15, -0.1) is 0 Å². The number of fused-ring (bicyclic) bond motifs is 4. The lowest BCUT2D eigenvalue weighted by Gasteiger charge is -2.45. The van der Waals surface area contributed by atoms with Crippen LogP contribution in [-0.2, 0) is 20.7 Å². The van der Waals surface area contributed by atoms with E-state index in [1.165, 1.54) is 11.1 Å². The van der Waals surface area contributed by atoms with Gasteiger partial charge in [0.15, 0.2) is 0 Å². The van der Waals surface area contributed by atoms with Gasteiger partial charge in [-0.1, -0.05) is 54.6 Å². The van der Waals surface area contributed by atoms with Crippen molar-refractivity contribution in [3.63, 3.8) is 0 Å². The Labute approximate surface area is 205 Å². The van der Waals surface area contributed by atoms with Crippen molar-refractivity contribution in [1.29, 1.82) is 0 Å². The first-order chi connectivity index (χ1) is 16.9. The molecule has 2 N–H and O–H groups in total. The molecule has 3 saturated heterocycles. The first-order valence-electron chi connectivity index (χ1n) is 12.2. The van der Waals surface area contributed by atoms with Crippen LogP contribution in [0.4, 0.5) is 4.79 Å². The van der Waals surface area contributed by atoms with E-state index in [9.17, 15) is 14.4 Å². The Morgan fingerprint density at radius 2 is 1.49 bits per heavy atom. The molecule has 0 saturated carbocycles. The molecule has 0 spiro atoms. The van der Waals surface area contributed by atoms with Gasteiger partial charge in [0, 0.05) is 13.1 Å². The monoisotopic (exact) mass is 480 g/mol. The van der Waals surface area contributed by atoms with E-state index >= 15 is 0 Å². The molecule has 8 nitrogen and oxygen atoms in total. The number of carboxylic acid groups (broad SMARTS) is 2. The maximum atomic E-state index is 13.2. The van der Waals surface area contributed by atoms with Crippen LogP contribution in [0.3, 0.4) is 0 Å². The molecule has 6 rings (SSSR count). The van der Waals surface area contributed by atoms with Crippen LogP contribution in [-0.4, -0.2) is 70.3 Å². The van der Waals surface area contributed by atoms with Gasteiger partial charge in [0.2, 0.25) is 0 Å². The Morgan fingerprint density at radius 3 is 2.09 bits per heavy atom. The molecule has 186 valence electrons. The minimum atomic E-state index is -1.08. The number of hydrogen-bond acceptors (Lipinski definition) is 5. The third kappa shape index (κ3) is 6.19. The summed E-state index contributed by atoms with van der Waals surface area (Å²) in [5.74, 6) is -1.62. The fourth-order valence-corrected chi connectivity index (χ4v) is 5.21. The van der Waals surface area contributed by atoms with Crippen molar-refractivity contribution in [2.45, 2.75) is 44.2 Å². The lowest BCUT2D eigenvalue weighted by molar-refractivity contribution is -0.143. The highest BCUT2D eigenvalue weighted by Gasteiger charge is 2.39. The third-order valence-electron chi connectivity index (χ3n) is 7.03. The van der Waals surface area contributed by atoms with Crippen LogP contribution in [0.2, 0.25) is 0 Å². The van der Waals surface area contributed by atoms with Gasteiger partial charge in [-0.05, 0) is 55.0 Å². The highest BCUT2D eigenvalue weighted by atomic mass is 16.6. The summed E-state index contributed by atoms with van der Waals surface area (Å²) in [5, 5.41) is 15.8. The van der Waals surface area contributed by atoms with Crippen LogP contribution >= 0.6 is 0 Å². The largest absolute Gasteiger partial charge is 0.481 e. The molecule has 1 amide bonds. The smallest absolute Gasteiger partial charge is 0.410 e. The van der Waals surface area contributed by atoms with Gasteiger partial charge in [0.1, 0.15) is 6.10 Å². The van der Waals surface area contributed by atoms with Gasteiger partial charge in [0.25, 0.3) is 0 Å². The summed E-state index contributed by atoms with van der Waals surface area (Å²) in [5.41, 5.74) is 3.70. The molecule has 2 bridgehead atoms. The topological polar surface area (TPSA) is 107 Å². The Hall–Kier alpha value is -3.39. The molecule has 0 aliphatic carbocycles. The molecular weight excluding hydrogens is 448 g/mol. The quantitative estimate of drug-likeness (QED) is 0.670. The van der Waals surface area contributed by atoms with E-state index in [1.54, 1.807) is 0 Å². The number of carbonyl (C=O) groups excluding carboxylic acids is 1. The molecule has 2 atom stereocenters. The molecule has 8 heteroatoms. The van der Waals surface area contributed by atoms with Gasteiger partial charge in [-0.25, -0.2) is 4.79 Å². The molecule has 4 heterocycles. The standard InChI is InChI=1S/C23H26N2O2.C4H6O4/c26-23(27-21-16-24-13-10-18(21)11-14-24)25-15-12-17-6-4-5-9-20(17)22(25)19-7-2-1-3-8-19;5-3(6)1-2-4(7)8/h1-9,18,21-22H,10-16H2;1-2H2,(H,5,6)(H,7,8)/t21?,22-;/m1./s1. The molecule has 4 aliphatic rings. The van der Waals surface area contributed by atoms with Crippen molar-refractivity contribution >= 4 is 18.0 Å². The first kappa shape index (κ1) is 24.7. The molecule has 3 fully saturated rings. The summed E-state index contributed by atoms with van der Waals surface area (Å²) in [6, 6.07) is 18.8. The van der Waals surface area contributed by atoms with Crippen molar-refractivity contribution < 1.29 is 29.3 Å². The van der Waals surface area contributed by atoms with E-state index in [1.807, 2.05) is 23.1 Å². The zero-order valence-corrected chi connectivity index (χ0v) is 19.7. The highest BCUT2D eigenvalue weighted by molar-refractivity contribution is 5.75. The van der Waals surface area contributed by atoms with Gasteiger partial charge in [0.05, 0.1) is 18.9 Å². The SMILES string of the molecule is O=C(O)CCC(=O)O.O=C(OC1CN2CCC1CC2)N1CCc2ccccc2[C@H]1c1ccccc1. The number of aliphatic carboxylic acids is 2. The number of amides is 1. The van der Waals surface area contributed by atoms with E-state index in [-0.39, 0.29) is 31.1 Å². The second-order valence-corrected chi connectivity index (χ2v) is 9.30. The zero-order chi connectivity index (χ0) is 24.8. The van der Waals surface area contributed by atoms with Crippen molar-refractivity contribution in [1.82, 2.24) is 9.80 Å². The predicted octanol–water partition coefficient (Wildman–Crippen LogP) is 3.80. The second-order valence-electron chi connectivity index (χ2n) is 9.30. The number of rotatable bonds is 5. The zero-order valence-electron chi connectivity index (χ0n) is 19.7. The summed E-state index contributed by atoms with van der Waals surface area (Å²) >= 11 is 0. The molecular formula is C27H32N2O6. The Morgan fingerprint density at radius 1 is 0.857 bits per heavy atom. The molecule has 2 aromatic rings. The summed E-state index contributed by atoms with van der Waals surface area (Å²) in [6.07, 6.45) is 2.50. The number of carboxylic acids is 2. The van der Waals surface area contributed by atoms with E-state index in [2.05, 4.69) is 41.3 Å². The second kappa shape index (κ2) is 11.4. The summed E-state index contributed by atoms with van der Waals surface area (Å²) in [6.45, 7) is 3.91. The average molecular weight is 481 g/mol. The normalized spacial score (nSPS) is 24.5. The highest BCUT2D eigenvalue weighted by Crippen LogP contribution is 2.36. The Bertz CT molecular complexity index is 1020. The molecule has 4 aliphatic heterocycles. The minimum Gasteiger partial charge on any atom is -0.481 e. The van der Waals surface area contributed by atoms with E-state index in [4.69, 9.17) is 14.9 Å². The van der Waals surface area contributed by atoms with Crippen LogP contribution < -0.4 is 0 Å². The number of nitrogens with zero attached hydrogens (tertiary/aromatic N) is 2. The van der Waals surface area contributed by atoms with E-state index in [0.29, 0.717) is 12.5 Å². The average Bonchev–Trinajstić information content (AvgIpc) is 2.88. The fraction of sp³-hybridized carbons (Fsp3) is 0.444. The van der Waals surface area contributed by atoms with Crippen LogP contribution in [0.15, 0.2) is 54.6 Å².